The minimum atomic E-state index is -0.803. The minimum absolute atomic E-state index is 0.0591. The van der Waals surface area contributed by atoms with E-state index in [-0.39, 0.29) is 27.2 Å². The van der Waals surface area contributed by atoms with Crippen molar-refractivity contribution in [2.45, 2.75) is 19.4 Å². The number of aryl methyl sites for hydroxylation is 1. The zero-order valence-electron chi connectivity index (χ0n) is 11.3. The van der Waals surface area contributed by atoms with Gasteiger partial charge in [0.2, 0.25) is 5.78 Å². The molecule has 0 spiro atoms. The molecule has 1 atom stereocenters. The van der Waals surface area contributed by atoms with Crippen LogP contribution in [0, 0.1) is 6.92 Å². The molecule has 0 heterocycles. The predicted octanol–water partition coefficient (Wildman–Crippen LogP) is 3.85. The van der Waals surface area contributed by atoms with E-state index in [9.17, 15) is 9.90 Å². The van der Waals surface area contributed by atoms with E-state index in [4.69, 9.17) is 27.9 Å². The first kappa shape index (κ1) is 15.1. The normalized spacial score (nSPS) is 22.6. The quantitative estimate of drug-likeness (QED) is 0.902. The molecule has 0 bridgehead atoms. The number of carbonyl (C=O) groups excluding carboxylic acids is 1. The first-order valence-electron chi connectivity index (χ1n) is 5.98. The number of ether oxygens (including phenoxy) is 1. The van der Waals surface area contributed by atoms with Crippen molar-refractivity contribution in [2.24, 2.45) is 0 Å². The fraction of sp³-hybridized carbons (Fsp3) is 0.267. The molecule has 1 unspecified atom stereocenters. The molecule has 2 rings (SSSR count). The van der Waals surface area contributed by atoms with Crippen LogP contribution in [0.1, 0.15) is 18.1 Å². The van der Waals surface area contributed by atoms with E-state index < -0.39 is 5.60 Å². The van der Waals surface area contributed by atoms with Crippen LogP contribution in [0.3, 0.4) is 0 Å². The molecule has 0 aromatic heterocycles. The number of methoxy groups -OCH3 is 1. The van der Waals surface area contributed by atoms with Crippen molar-refractivity contribution in [3.8, 4) is 5.75 Å². The van der Waals surface area contributed by atoms with Crippen molar-refractivity contribution >= 4 is 34.6 Å². The van der Waals surface area contributed by atoms with Crippen LogP contribution in [0.25, 0.3) is 5.57 Å². The van der Waals surface area contributed by atoms with Gasteiger partial charge in [-0.2, -0.15) is 0 Å². The van der Waals surface area contributed by atoms with Crippen LogP contribution >= 0.6 is 23.2 Å². The highest BCUT2D eigenvalue weighted by molar-refractivity contribution is 6.51. The summed E-state index contributed by atoms with van der Waals surface area (Å²) in [7, 11) is 1.52. The average molecular weight is 313 g/mol. The fourth-order valence-corrected chi connectivity index (χ4v) is 2.69. The Hall–Kier alpha value is -1.29. The lowest BCUT2D eigenvalue weighted by Crippen LogP contribution is -2.27. The van der Waals surface area contributed by atoms with Gasteiger partial charge in [0, 0.05) is 18.2 Å². The van der Waals surface area contributed by atoms with Crippen LogP contribution in [-0.4, -0.2) is 23.6 Å². The summed E-state index contributed by atoms with van der Waals surface area (Å²) in [5, 5.41) is 10.3. The first-order valence-corrected chi connectivity index (χ1v) is 6.73. The maximum atomic E-state index is 12.2. The van der Waals surface area contributed by atoms with Crippen molar-refractivity contribution in [3.05, 3.63) is 45.5 Å². The van der Waals surface area contributed by atoms with Crippen LogP contribution in [0.5, 0.6) is 5.75 Å². The van der Waals surface area contributed by atoms with Crippen LogP contribution in [0.4, 0.5) is 0 Å². The number of Topliss-reactive ketones (excluding diaryl/α,β-unsaturated/α-hetero) is 1. The highest BCUT2D eigenvalue weighted by Gasteiger charge is 2.31. The van der Waals surface area contributed by atoms with Crippen LogP contribution < -0.4 is 0 Å². The van der Waals surface area contributed by atoms with E-state index in [1.165, 1.54) is 13.2 Å². The Morgan fingerprint density at radius 1 is 1.25 bits per heavy atom. The molecule has 1 aromatic rings. The standard InChI is InChI=1S/C15H14Cl2O3/c1-8-4-9(13(18)11(16)5-8)10-6-15(2,20-3)7-12(17)14(10)19/h4-7,18H,1-3H3. The number of carbonyl (C=O) groups is 1. The van der Waals surface area contributed by atoms with E-state index in [0.717, 1.165) is 5.56 Å². The number of allylic oxidation sites excluding steroid dienone is 2. The van der Waals surface area contributed by atoms with Crippen molar-refractivity contribution in [2.75, 3.05) is 7.11 Å². The summed E-state index contributed by atoms with van der Waals surface area (Å²) in [5.74, 6) is -0.500. The third-order valence-corrected chi connectivity index (χ3v) is 3.81. The average Bonchev–Trinajstić information content (AvgIpc) is 2.38. The van der Waals surface area contributed by atoms with Gasteiger partial charge in [0.1, 0.15) is 11.4 Å². The number of benzene rings is 1. The third kappa shape index (κ3) is 2.62. The van der Waals surface area contributed by atoms with E-state index in [2.05, 4.69) is 0 Å². The Labute approximate surface area is 127 Å². The number of rotatable bonds is 2. The Morgan fingerprint density at radius 2 is 1.90 bits per heavy atom. The molecule has 0 amide bonds. The molecular formula is C15H14Cl2O3. The zero-order valence-corrected chi connectivity index (χ0v) is 12.8. The van der Waals surface area contributed by atoms with E-state index in [1.807, 2.05) is 6.92 Å². The summed E-state index contributed by atoms with van der Waals surface area (Å²) < 4.78 is 5.35. The molecule has 0 radical (unpaired) electrons. The van der Waals surface area contributed by atoms with Crippen LogP contribution in [0.2, 0.25) is 5.02 Å². The maximum absolute atomic E-state index is 12.2. The molecule has 1 N–H and O–H groups in total. The lowest BCUT2D eigenvalue weighted by molar-refractivity contribution is -0.110. The largest absolute Gasteiger partial charge is 0.506 e. The van der Waals surface area contributed by atoms with E-state index in [1.54, 1.807) is 25.1 Å². The summed E-state index contributed by atoms with van der Waals surface area (Å²) in [6, 6.07) is 3.32. The van der Waals surface area contributed by atoms with Crippen LogP contribution in [-0.2, 0) is 9.53 Å². The monoisotopic (exact) mass is 312 g/mol. The predicted molar refractivity (Wildman–Crippen MR) is 80.2 cm³/mol. The topological polar surface area (TPSA) is 46.5 Å². The fourth-order valence-electron chi connectivity index (χ4n) is 2.10. The zero-order chi connectivity index (χ0) is 15.1. The van der Waals surface area contributed by atoms with E-state index in [0.29, 0.717) is 5.56 Å². The Morgan fingerprint density at radius 3 is 2.50 bits per heavy atom. The molecular weight excluding hydrogens is 299 g/mol. The van der Waals surface area contributed by atoms with Gasteiger partial charge < -0.3 is 9.84 Å². The van der Waals surface area contributed by atoms with Gasteiger partial charge in [-0.1, -0.05) is 23.2 Å². The van der Waals surface area contributed by atoms with Crippen molar-refractivity contribution in [3.63, 3.8) is 0 Å². The molecule has 1 aliphatic carbocycles. The molecule has 0 fully saturated rings. The molecule has 106 valence electrons. The van der Waals surface area contributed by atoms with Crippen molar-refractivity contribution in [1.82, 2.24) is 0 Å². The summed E-state index contributed by atoms with van der Waals surface area (Å²) in [4.78, 5) is 12.2. The molecule has 0 aliphatic heterocycles. The smallest absolute Gasteiger partial charge is 0.204 e. The van der Waals surface area contributed by atoms with Gasteiger partial charge in [0.15, 0.2) is 0 Å². The maximum Gasteiger partial charge on any atom is 0.204 e. The Balaban J connectivity index is 2.65. The number of hydrogen-bond acceptors (Lipinski definition) is 3. The number of phenolic OH excluding ortho intramolecular Hbond substituents is 1. The second-order valence-corrected chi connectivity index (χ2v) is 5.72. The highest BCUT2D eigenvalue weighted by atomic mass is 35.5. The third-order valence-electron chi connectivity index (χ3n) is 3.24. The van der Waals surface area contributed by atoms with Gasteiger partial charge in [-0.25, -0.2) is 0 Å². The number of ketones is 1. The van der Waals surface area contributed by atoms with Crippen molar-refractivity contribution in [1.29, 1.82) is 0 Å². The molecule has 0 saturated carbocycles. The second kappa shape index (κ2) is 5.24. The highest BCUT2D eigenvalue weighted by Crippen LogP contribution is 2.39. The lowest BCUT2D eigenvalue weighted by Gasteiger charge is -2.26. The van der Waals surface area contributed by atoms with Gasteiger partial charge in [-0.05, 0) is 43.7 Å². The Kier molecular flexibility index (Phi) is 3.96. The lowest BCUT2D eigenvalue weighted by atomic mass is 9.88. The molecule has 0 saturated heterocycles. The summed E-state index contributed by atoms with van der Waals surface area (Å²) in [6.07, 6.45) is 3.17. The van der Waals surface area contributed by atoms with Gasteiger partial charge in [-0.3, -0.25) is 4.79 Å². The van der Waals surface area contributed by atoms with Gasteiger partial charge >= 0.3 is 0 Å². The SMILES string of the molecule is COC1(C)C=C(Cl)C(=O)C(c2cc(C)cc(Cl)c2O)=C1. The minimum Gasteiger partial charge on any atom is -0.506 e. The molecule has 3 nitrogen and oxygen atoms in total. The van der Waals surface area contributed by atoms with Gasteiger partial charge in [0.25, 0.3) is 0 Å². The number of hydrogen-bond donors (Lipinski definition) is 1. The molecule has 1 aromatic carbocycles. The van der Waals surface area contributed by atoms with Crippen molar-refractivity contribution < 1.29 is 14.6 Å². The number of halogens is 2. The second-order valence-electron chi connectivity index (χ2n) is 4.91. The summed E-state index contributed by atoms with van der Waals surface area (Å²) >= 11 is 11.9. The Bertz CT molecular complexity index is 647. The summed E-state index contributed by atoms with van der Waals surface area (Å²) in [5.41, 5.74) is 0.670. The number of phenols is 1. The van der Waals surface area contributed by atoms with Gasteiger partial charge in [-0.15, -0.1) is 0 Å². The first-order chi connectivity index (χ1) is 9.27. The molecule has 5 heteroatoms. The molecule has 1 aliphatic rings. The van der Waals surface area contributed by atoms with Gasteiger partial charge in [0.05, 0.1) is 10.1 Å². The molecule has 20 heavy (non-hydrogen) atoms. The number of aromatic hydroxyl groups is 1. The van der Waals surface area contributed by atoms with E-state index >= 15 is 0 Å². The van der Waals surface area contributed by atoms with Crippen LogP contribution in [0.15, 0.2) is 29.3 Å². The summed E-state index contributed by atoms with van der Waals surface area (Å²) in [6.45, 7) is 3.60.